The smallest absolute Gasteiger partial charge is 0.196 e. The van der Waals surface area contributed by atoms with E-state index in [9.17, 15) is 0 Å². The number of thiocarbonyl (C=S) groups is 1. The third-order valence-electron chi connectivity index (χ3n) is 1.51. The van der Waals surface area contributed by atoms with E-state index < -0.39 is 0 Å². The lowest BCUT2D eigenvalue weighted by Gasteiger charge is -2.32. The molecule has 0 bridgehead atoms. The van der Waals surface area contributed by atoms with Crippen LogP contribution in [0.3, 0.4) is 0 Å². The highest BCUT2D eigenvalue weighted by Gasteiger charge is 2.23. The Morgan fingerprint density at radius 2 is 2.33 bits per heavy atom. The van der Waals surface area contributed by atoms with Crippen molar-refractivity contribution in [2.24, 2.45) is 16.8 Å². The van der Waals surface area contributed by atoms with Crippen LogP contribution in [-0.2, 0) is 0 Å². The molecule has 3 N–H and O–H groups in total. The van der Waals surface area contributed by atoms with Gasteiger partial charge in [-0.1, -0.05) is 13.8 Å². The first-order chi connectivity index (χ1) is 5.52. The molecule has 6 heteroatoms. The molecule has 4 nitrogen and oxygen atoms in total. The van der Waals surface area contributed by atoms with Crippen LogP contribution < -0.4 is 11.2 Å². The summed E-state index contributed by atoms with van der Waals surface area (Å²) in [5, 5.41) is 4.74. The van der Waals surface area contributed by atoms with Gasteiger partial charge in [0.1, 0.15) is 5.84 Å². The maximum atomic E-state index is 5.69. The second kappa shape index (κ2) is 3.59. The van der Waals surface area contributed by atoms with Gasteiger partial charge in [0.25, 0.3) is 0 Å². The number of nitrogens with two attached hydrogens (primary N) is 1. The second-order valence-electron chi connectivity index (χ2n) is 2.86. The van der Waals surface area contributed by atoms with Gasteiger partial charge in [0.05, 0.1) is 0 Å². The van der Waals surface area contributed by atoms with Gasteiger partial charge in [-0.15, -0.1) is 12.6 Å². The summed E-state index contributed by atoms with van der Waals surface area (Å²) in [5.41, 5.74) is -0.271. The zero-order chi connectivity index (χ0) is 9.30. The molecule has 0 radical (unpaired) electrons. The largest absolute Gasteiger partial charge is 0.331 e. The van der Waals surface area contributed by atoms with Crippen LogP contribution in [0.25, 0.3) is 0 Å². The fourth-order valence-electron chi connectivity index (χ4n) is 0.927. The van der Waals surface area contributed by atoms with Crippen LogP contribution in [0.2, 0.25) is 0 Å². The van der Waals surface area contributed by atoms with E-state index in [1.807, 2.05) is 13.8 Å². The summed E-state index contributed by atoms with van der Waals surface area (Å²) in [7, 11) is 0. The van der Waals surface area contributed by atoms with Crippen LogP contribution in [-0.4, -0.2) is 21.5 Å². The normalized spacial score (nSPS) is 24.1. The molecular weight excluding hydrogens is 192 g/mol. The van der Waals surface area contributed by atoms with Crippen molar-refractivity contribution >= 4 is 35.8 Å². The van der Waals surface area contributed by atoms with Gasteiger partial charge in [-0.25, -0.2) is 10.8 Å². The second-order valence-corrected chi connectivity index (χ2v) is 3.73. The number of rotatable bonds is 1. The average Bonchev–Trinajstić information content (AvgIpc) is 1.96. The Hall–Kier alpha value is -0.330. The van der Waals surface area contributed by atoms with Crippen molar-refractivity contribution in [3.63, 3.8) is 0 Å². The minimum absolute atomic E-state index is 0.254. The van der Waals surface area contributed by atoms with Gasteiger partial charge < -0.3 is 5.32 Å². The summed E-state index contributed by atoms with van der Waals surface area (Å²) < 4.78 is 0. The van der Waals surface area contributed by atoms with Gasteiger partial charge in [-0.3, -0.25) is 5.01 Å². The Bertz CT molecular complexity index is 226. The van der Waals surface area contributed by atoms with Crippen molar-refractivity contribution in [3.8, 4) is 0 Å². The van der Waals surface area contributed by atoms with Gasteiger partial charge in [0.15, 0.2) is 10.6 Å². The van der Waals surface area contributed by atoms with Crippen molar-refractivity contribution in [1.29, 1.82) is 0 Å². The SMILES string of the molecule is CC(C)C1=NC(=S)NC(S)N1N. The topological polar surface area (TPSA) is 53.7 Å². The van der Waals surface area contributed by atoms with E-state index in [1.165, 1.54) is 5.01 Å². The lowest BCUT2D eigenvalue weighted by Crippen LogP contribution is -2.56. The first-order valence-corrected chi connectivity index (χ1v) is 4.56. The lowest BCUT2D eigenvalue weighted by molar-refractivity contribution is 0.371. The summed E-state index contributed by atoms with van der Waals surface area (Å²) in [6.45, 7) is 4.01. The fraction of sp³-hybridized carbons (Fsp3) is 0.667. The predicted molar refractivity (Wildman–Crippen MR) is 56.8 cm³/mol. The predicted octanol–water partition coefficient (Wildman–Crippen LogP) is 0.318. The number of nitrogens with zero attached hydrogens (tertiary/aromatic N) is 2. The fourth-order valence-corrected chi connectivity index (χ4v) is 1.46. The van der Waals surface area contributed by atoms with Crippen molar-refractivity contribution in [2.45, 2.75) is 19.3 Å². The number of amidine groups is 1. The summed E-state index contributed by atoms with van der Waals surface area (Å²) in [5.74, 6) is 6.71. The zero-order valence-corrected chi connectivity index (χ0v) is 8.69. The van der Waals surface area contributed by atoms with Crippen molar-refractivity contribution in [1.82, 2.24) is 10.3 Å². The highest BCUT2D eigenvalue weighted by Crippen LogP contribution is 2.09. The van der Waals surface area contributed by atoms with Crippen LogP contribution in [0.4, 0.5) is 0 Å². The molecule has 0 spiro atoms. The molecule has 0 saturated heterocycles. The number of nitrogens with one attached hydrogen (secondary N) is 1. The number of hydrogen-bond acceptors (Lipinski definition) is 4. The maximum Gasteiger partial charge on any atom is 0.196 e. The molecule has 1 atom stereocenters. The molecule has 0 fully saturated rings. The van der Waals surface area contributed by atoms with Gasteiger partial charge in [0.2, 0.25) is 0 Å². The summed E-state index contributed by atoms with van der Waals surface area (Å²) in [4.78, 5) is 4.10. The van der Waals surface area contributed by atoms with E-state index in [4.69, 9.17) is 18.1 Å². The van der Waals surface area contributed by atoms with Crippen LogP contribution in [0, 0.1) is 5.92 Å². The molecule has 0 aromatic carbocycles. The number of hydrazine groups is 1. The molecule has 12 heavy (non-hydrogen) atoms. The zero-order valence-electron chi connectivity index (χ0n) is 6.98. The van der Waals surface area contributed by atoms with E-state index in [-0.39, 0.29) is 11.4 Å². The minimum atomic E-state index is -0.271. The van der Waals surface area contributed by atoms with Gasteiger partial charge in [0, 0.05) is 5.92 Å². The van der Waals surface area contributed by atoms with Gasteiger partial charge in [-0.05, 0) is 12.2 Å². The summed E-state index contributed by atoms with van der Waals surface area (Å²) >= 11 is 9.09. The Balaban J connectivity index is 2.88. The third kappa shape index (κ3) is 1.88. The first-order valence-electron chi connectivity index (χ1n) is 3.63. The Morgan fingerprint density at radius 3 is 2.83 bits per heavy atom. The van der Waals surface area contributed by atoms with Crippen LogP contribution in [0.1, 0.15) is 13.8 Å². The molecule has 1 aliphatic heterocycles. The Labute approximate surface area is 82.6 Å². The molecule has 1 rings (SSSR count). The Morgan fingerprint density at radius 1 is 1.75 bits per heavy atom. The molecule has 1 aliphatic rings. The molecule has 68 valence electrons. The molecule has 0 aromatic rings. The molecule has 1 unspecified atom stereocenters. The quantitative estimate of drug-likeness (QED) is 0.327. The van der Waals surface area contributed by atoms with E-state index >= 15 is 0 Å². The molecule has 0 aliphatic carbocycles. The van der Waals surface area contributed by atoms with Crippen LogP contribution >= 0.6 is 24.8 Å². The molecule has 0 aromatic heterocycles. The summed E-state index contributed by atoms with van der Waals surface area (Å²) in [6, 6.07) is 0. The van der Waals surface area contributed by atoms with Gasteiger partial charge >= 0.3 is 0 Å². The lowest BCUT2D eigenvalue weighted by atomic mass is 10.2. The van der Waals surface area contributed by atoms with E-state index in [1.54, 1.807) is 0 Å². The standard InChI is InChI=1S/C6H12N4S2/c1-3(2)4-8-5(11)9-6(12)10(4)7/h3,6,12H,7H2,1-2H3,(H,9,11). The first kappa shape index (κ1) is 9.76. The highest BCUT2D eigenvalue weighted by atomic mass is 32.1. The summed E-state index contributed by atoms with van der Waals surface area (Å²) in [6.07, 6.45) is 0. The molecule has 1 heterocycles. The Kier molecular flexibility index (Phi) is 2.92. The van der Waals surface area contributed by atoms with E-state index in [2.05, 4.69) is 22.9 Å². The molecule has 0 amide bonds. The number of aliphatic imine (C=N–C) groups is 1. The van der Waals surface area contributed by atoms with E-state index in [0.717, 1.165) is 5.84 Å². The number of hydrogen-bond donors (Lipinski definition) is 3. The molecular formula is C6H12N4S2. The average molecular weight is 204 g/mol. The van der Waals surface area contributed by atoms with Crippen molar-refractivity contribution in [2.75, 3.05) is 0 Å². The van der Waals surface area contributed by atoms with E-state index in [0.29, 0.717) is 5.11 Å². The number of thiol groups is 1. The minimum Gasteiger partial charge on any atom is -0.331 e. The maximum absolute atomic E-state index is 5.69. The van der Waals surface area contributed by atoms with Crippen molar-refractivity contribution in [3.05, 3.63) is 0 Å². The third-order valence-corrected chi connectivity index (χ3v) is 2.10. The van der Waals surface area contributed by atoms with Gasteiger partial charge in [-0.2, -0.15) is 0 Å². The monoisotopic (exact) mass is 204 g/mol. The highest BCUT2D eigenvalue weighted by molar-refractivity contribution is 7.81. The van der Waals surface area contributed by atoms with Crippen LogP contribution in [0.15, 0.2) is 4.99 Å². The van der Waals surface area contributed by atoms with Crippen molar-refractivity contribution < 1.29 is 0 Å². The molecule has 0 saturated carbocycles. The van der Waals surface area contributed by atoms with Crippen LogP contribution in [0.5, 0.6) is 0 Å².